The quantitative estimate of drug-likeness (QED) is 0.228. The molecular weight excluding hydrogens is 159 g/mol. The molecule has 0 aliphatic heterocycles. The molecule has 0 saturated heterocycles. The standard InChI is InChI=1S/C6H10O3.K.H/c1-3-9-6(8)5(2)4-7;;/h4,7H,3H2,1-2H3;;/q;+1;-1. The van der Waals surface area contributed by atoms with Gasteiger partial charge >= 0.3 is 57.4 Å². The third kappa shape index (κ3) is 5.43. The van der Waals surface area contributed by atoms with Crippen LogP contribution in [-0.2, 0) is 9.53 Å². The average Bonchev–Trinajstić information content (AvgIpc) is 1.87. The molecule has 0 amide bonds. The Labute approximate surface area is 104 Å². The Kier molecular flexibility index (Phi) is 10.3. The molecule has 0 atom stereocenters. The average molecular weight is 170 g/mol. The summed E-state index contributed by atoms with van der Waals surface area (Å²) in [6.07, 6.45) is 0.734. The van der Waals surface area contributed by atoms with E-state index in [9.17, 15) is 4.79 Å². The van der Waals surface area contributed by atoms with Crippen LogP contribution in [0, 0.1) is 0 Å². The van der Waals surface area contributed by atoms with Crippen LogP contribution >= 0.6 is 0 Å². The van der Waals surface area contributed by atoms with Crippen molar-refractivity contribution in [3.63, 3.8) is 0 Å². The summed E-state index contributed by atoms with van der Waals surface area (Å²) in [4.78, 5) is 10.5. The molecule has 54 valence electrons. The molecule has 1 N–H and O–H groups in total. The predicted octanol–water partition coefficient (Wildman–Crippen LogP) is -1.87. The topological polar surface area (TPSA) is 46.5 Å². The minimum absolute atomic E-state index is 0. The first-order chi connectivity index (χ1) is 4.22. The van der Waals surface area contributed by atoms with Gasteiger partial charge in [-0.05, 0) is 13.8 Å². The molecule has 0 bridgehead atoms. The normalized spacial score (nSPS) is 10.0. The zero-order valence-electron chi connectivity index (χ0n) is 7.55. The van der Waals surface area contributed by atoms with E-state index in [-0.39, 0.29) is 58.4 Å². The smallest absolute Gasteiger partial charge is 1.00 e. The molecule has 0 unspecified atom stereocenters. The van der Waals surface area contributed by atoms with Crippen molar-refractivity contribution in [2.24, 2.45) is 0 Å². The zero-order chi connectivity index (χ0) is 7.28. The van der Waals surface area contributed by atoms with Gasteiger partial charge in [0, 0.05) is 0 Å². The summed E-state index contributed by atoms with van der Waals surface area (Å²) in [5.41, 5.74) is 0.219. The summed E-state index contributed by atoms with van der Waals surface area (Å²) in [6, 6.07) is 0. The van der Waals surface area contributed by atoms with Crippen LogP contribution in [-0.4, -0.2) is 17.7 Å². The molecule has 10 heavy (non-hydrogen) atoms. The van der Waals surface area contributed by atoms with Crippen molar-refractivity contribution in [1.82, 2.24) is 0 Å². The molecule has 0 aromatic carbocycles. The van der Waals surface area contributed by atoms with Crippen LogP contribution in [0.25, 0.3) is 0 Å². The van der Waals surface area contributed by atoms with Gasteiger partial charge in [0.05, 0.1) is 18.4 Å². The maximum atomic E-state index is 10.5. The molecule has 0 aliphatic rings. The molecule has 0 aromatic rings. The van der Waals surface area contributed by atoms with Crippen LogP contribution in [0.5, 0.6) is 0 Å². The van der Waals surface area contributed by atoms with E-state index < -0.39 is 5.97 Å². The van der Waals surface area contributed by atoms with Crippen LogP contribution in [0.2, 0.25) is 0 Å². The van der Waals surface area contributed by atoms with Gasteiger partial charge in [-0.2, -0.15) is 0 Å². The van der Waals surface area contributed by atoms with Crippen LogP contribution in [0.15, 0.2) is 11.8 Å². The Morgan fingerprint density at radius 1 is 1.80 bits per heavy atom. The maximum Gasteiger partial charge on any atom is 1.00 e. The van der Waals surface area contributed by atoms with E-state index in [2.05, 4.69) is 4.74 Å². The van der Waals surface area contributed by atoms with Gasteiger partial charge in [-0.1, -0.05) is 0 Å². The maximum absolute atomic E-state index is 10.5. The number of rotatable bonds is 2. The number of carbonyl (C=O) groups excluding carboxylic acids is 1. The summed E-state index contributed by atoms with van der Waals surface area (Å²) in [7, 11) is 0. The van der Waals surface area contributed by atoms with Crippen molar-refractivity contribution >= 4 is 5.97 Å². The number of aliphatic hydroxyl groups is 1. The monoisotopic (exact) mass is 170 g/mol. The number of carbonyl (C=O) groups is 1. The van der Waals surface area contributed by atoms with Gasteiger partial charge in [-0.25, -0.2) is 4.79 Å². The van der Waals surface area contributed by atoms with Gasteiger partial charge in [-0.3, -0.25) is 0 Å². The summed E-state index contributed by atoms with van der Waals surface area (Å²) in [5, 5.41) is 8.27. The number of ether oxygens (including phenoxy) is 1. The van der Waals surface area contributed by atoms with Gasteiger partial charge < -0.3 is 11.3 Å². The molecule has 0 rings (SSSR count). The molecule has 0 spiro atoms. The fourth-order valence-corrected chi connectivity index (χ4v) is 0.298. The van der Waals surface area contributed by atoms with Gasteiger partial charge in [0.2, 0.25) is 0 Å². The van der Waals surface area contributed by atoms with Gasteiger partial charge in [0.1, 0.15) is 0 Å². The van der Waals surface area contributed by atoms with E-state index in [1.807, 2.05) is 0 Å². The molecule has 0 aliphatic carbocycles. The molecular formula is C6H11KO3. The van der Waals surface area contributed by atoms with Crippen LogP contribution in [0.4, 0.5) is 0 Å². The van der Waals surface area contributed by atoms with Crippen molar-refractivity contribution in [3.05, 3.63) is 11.8 Å². The van der Waals surface area contributed by atoms with E-state index in [0.717, 1.165) is 6.26 Å². The Bertz CT molecular complexity index is 136. The molecule has 0 fully saturated rings. The molecule has 0 aromatic heterocycles. The summed E-state index contributed by atoms with van der Waals surface area (Å²) in [5.74, 6) is -0.472. The second-order valence-corrected chi connectivity index (χ2v) is 1.53. The second-order valence-electron chi connectivity index (χ2n) is 1.53. The van der Waals surface area contributed by atoms with Crippen molar-refractivity contribution in [2.45, 2.75) is 13.8 Å². The van der Waals surface area contributed by atoms with Crippen LogP contribution in [0.3, 0.4) is 0 Å². The van der Waals surface area contributed by atoms with Crippen LogP contribution < -0.4 is 51.4 Å². The van der Waals surface area contributed by atoms with Gasteiger partial charge in [-0.15, -0.1) is 0 Å². The fourth-order valence-electron chi connectivity index (χ4n) is 0.298. The van der Waals surface area contributed by atoms with Crippen molar-refractivity contribution in [2.75, 3.05) is 6.61 Å². The Balaban J connectivity index is -0.000000320. The Morgan fingerprint density at radius 2 is 2.30 bits per heavy atom. The van der Waals surface area contributed by atoms with E-state index in [4.69, 9.17) is 5.11 Å². The van der Waals surface area contributed by atoms with Gasteiger partial charge in [0.25, 0.3) is 0 Å². The molecule has 3 nitrogen and oxygen atoms in total. The first kappa shape index (κ1) is 13.3. The van der Waals surface area contributed by atoms with Gasteiger partial charge in [0.15, 0.2) is 0 Å². The minimum atomic E-state index is -0.472. The molecule has 0 radical (unpaired) electrons. The van der Waals surface area contributed by atoms with Crippen molar-refractivity contribution in [1.29, 1.82) is 0 Å². The number of hydrogen-bond donors (Lipinski definition) is 1. The largest absolute Gasteiger partial charge is 1.00 e. The van der Waals surface area contributed by atoms with Crippen molar-refractivity contribution < 1.29 is 67.4 Å². The molecule has 0 saturated carbocycles. The number of esters is 1. The molecule has 0 heterocycles. The third-order valence-electron chi connectivity index (χ3n) is 0.791. The Morgan fingerprint density at radius 3 is 2.60 bits per heavy atom. The van der Waals surface area contributed by atoms with E-state index in [1.165, 1.54) is 6.92 Å². The fraction of sp³-hybridized carbons (Fsp3) is 0.500. The van der Waals surface area contributed by atoms with Crippen molar-refractivity contribution in [3.8, 4) is 0 Å². The third-order valence-corrected chi connectivity index (χ3v) is 0.791. The first-order valence-electron chi connectivity index (χ1n) is 2.70. The summed E-state index contributed by atoms with van der Waals surface area (Å²) >= 11 is 0. The SMILES string of the molecule is CCOC(=O)C(C)=CO.[H-].[K+]. The first-order valence-corrected chi connectivity index (χ1v) is 2.70. The van der Waals surface area contributed by atoms with E-state index in [0.29, 0.717) is 6.61 Å². The number of hydrogen-bond acceptors (Lipinski definition) is 3. The predicted molar refractivity (Wildman–Crippen MR) is 34.1 cm³/mol. The zero-order valence-corrected chi connectivity index (χ0v) is 9.67. The number of aliphatic hydroxyl groups excluding tert-OH is 1. The molecule has 4 heteroatoms. The second kappa shape index (κ2) is 7.75. The van der Waals surface area contributed by atoms with Crippen LogP contribution in [0.1, 0.15) is 15.3 Å². The Hall–Kier alpha value is 0.646. The minimum Gasteiger partial charge on any atom is -1.00 e. The summed E-state index contributed by atoms with van der Waals surface area (Å²) < 4.78 is 4.53. The van der Waals surface area contributed by atoms with E-state index >= 15 is 0 Å². The van der Waals surface area contributed by atoms with E-state index in [1.54, 1.807) is 6.92 Å². The summed E-state index contributed by atoms with van der Waals surface area (Å²) in [6.45, 7) is 3.53.